The Morgan fingerprint density at radius 1 is 0.976 bits per heavy atom. The lowest BCUT2D eigenvalue weighted by atomic mass is 9.96. The molecule has 2 fully saturated rings. The van der Waals surface area contributed by atoms with E-state index in [4.69, 9.17) is 5.73 Å². The van der Waals surface area contributed by atoms with Crippen LogP contribution >= 0.6 is 0 Å². The Labute approximate surface area is 242 Å². The van der Waals surface area contributed by atoms with E-state index in [0.29, 0.717) is 24.4 Å². The van der Waals surface area contributed by atoms with Crippen LogP contribution in [0, 0.1) is 11.3 Å². The van der Waals surface area contributed by atoms with Gasteiger partial charge in [-0.05, 0) is 61.1 Å². The zero-order valence-corrected chi connectivity index (χ0v) is 23.7. The molecule has 2 heterocycles. The zero-order chi connectivity index (χ0) is 28.8. The lowest BCUT2D eigenvalue weighted by Gasteiger charge is -2.32. The molecular formula is C34H39N5O2. The molecule has 7 heteroatoms. The van der Waals surface area contributed by atoms with Gasteiger partial charge in [0, 0.05) is 38.0 Å². The van der Waals surface area contributed by atoms with E-state index in [1.54, 1.807) is 19.1 Å². The highest BCUT2D eigenvalue weighted by Gasteiger charge is 2.40. The third kappa shape index (κ3) is 7.02. The highest BCUT2D eigenvalue weighted by atomic mass is 16.2. The monoisotopic (exact) mass is 549 g/mol. The first-order valence-corrected chi connectivity index (χ1v) is 14.6. The molecule has 0 radical (unpaired) electrons. The second-order valence-corrected chi connectivity index (χ2v) is 11.5. The van der Waals surface area contributed by atoms with Crippen molar-refractivity contribution >= 4 is 11.8 Å². The second kappa shape index (κ2) is 13.1. The first kappa shape index (κ1) is 28.5. The number of likely N-dealkylation sites (tertiary alicyclic amines) is 2. The predicted octanol–water partition coefficient (Wildman–Crippen LogP) is 3.81. The molecule has 5 unspecified atom stereocenters. The number of hydrogen-bond acceptors (Lipinski definition) is 5. The van der Waals surface area contributed by atoms with Crippen molar-refractivity contribution in [1.29, 1.82) is 5.26 Å². The van der Waals surface area contributed by atoms with Crippen LogP contribution < -0.4 is 11.1 Å². The summed E-state index contributed by atoms with van der Waals surface area (Å²) in [5.74, 6) is 0.269. The molecule has 2 aliphatic heterocycles. The van der Waals surface area contributed by atoms with Crippen molar-refractivity contribution in [1.82, 2.24) is 15.1 Å². The van der Waals surface area contributed by atoms with E-state index in [0.717, 1.165) is 38.0 Å². The minimum absolute atomic E-state index is 0.0300. The van der Waals surface area contributed by atoms with Crippen LogP contribution in [0.15, 0.2) is 84.9 Å². The van der Waals surface area contributed by atoms with Crippen LogP contribution in [0.5, 0.6) is 0 Å². The van der Waals surface area contributed by atoms with Crippen molar-refractivity contribution in [3.63, 3.8) is 0 Å². The van der Waals surface area contributed by atoms with Gasteiger partial charge in [-0.3, -0.25) is 9.59 Å². The molecule has 2 saturated heterocycles. The van der Waals surface area contributed by atoms with Crippen LogP contribution in [-0.4, -0.2) is 65.9 Å². The molecule has 212 valence electrons. The Balaban J connectivity index is 1.38. The molecule has 0 aliphatic carbocycles. The lowest BCUT2D eigenvalue weighted by Crippen LogP contribution is -2.55. The van der Waals surface area contributed by atoms with Gasteiger partial charge in [0.25, 0.3) is 0 Å². The van der Waals surface area contributed by atoms with Crippen molar-refractivity contribution < 1.29 is 9.59 Å². The molecule has 5 rings (SSSR count). The van der Waals surface area contributed by atoms with Crippen molar-refractivity contribution in [2.45, 2.75) is 56.1 Å². The van der Waals surface area contributed by atoms with E-state index in [9.17, 15) is 14.9 Å². The normalized spacial score (nSPS) is 22.2. The number of hydrogen-bond donors (Lipinski definition) is 2. The number of carbonyl (C=O) groups is 2. The minimum atomic E-state index is -0.768. The van der Waals surface area contributed by atoms with Crippen molar-refractivity contribution in [2.75, 3.05) is 26.2 Å². The molecule has 3 N–H and O–H groups in total. The topological polar surface area (TPSA) is 102 Å². The quantitative estimate of drug-likeness (QED) is 0.423. The van der Waals surface area contributed by atoms with E-state index in [-0.39, 0.29) is 23.8 Å². The Morgan fingerprint density at radius 3 is 2.32 bits per heavy atom. The minimum Gasteiger partial charge on any atom is -0.343 e. The summed E-state index contributed by atoms with van der Waals surface area (Å²) in [6.45, 7) is 5.00. The van der Waals surface area contributed by atoms with Gasteiger partial charge >= 0.3 is 0 Å². The highest BCUT2D eigenvalue weighted by molar-refractivity contribution is 5.90. The summed E-state index contributed by atoms with van der Waals surface area (Å²) in [5, 5.41) is 12.3. The number of carbonyl (C=O) groups excluding carboxylic acids is 2. The van der Waals surface area contributed by atoms with Gasteiger partial charge in [0.05, 0.1) is 17.7 Å². The Morgan fingerprint density at radius 2 is 1.66 bits per heavy atom. The summed E-state index contributed by atoms with van der Waals surface area (Å²) in [4.78, 5) is 31.5. The molecule has 0 aromatic heterocycles. The summed E-state index contributed by atoms with van der Waals surface area (Å²) < 4.78 is 0. The van der Waals surface area contributed by atoms with Gasteiger partial charge in [0.2, 0.25) is 11.8 Å². The van der Waals surface area contributed by atoms with Gasteiger partial charge in [-0.2, -0.15) is 5.26 Å². The average molecular weight is 550 g/mol. The van der Waals surface area contributed by atoms with Crippen LogP contribution in [-0.2, 0) is 16.0 Å². The maximum atomic E-state index is 14.3. The number of nitrogens with two attached hydrogens (primary N) is 1. The number of nitrogens with one attached hydrogen (secondary N) is 1. The number of nitrogens with zero attached hydrogens (tertiary/aromatic N) is 3. The number of benzene rings is 3. The summed E-state index contributed by atoms with van der Waals surface area (Å²) in [6.07, 6.45) is 2.28. The van der Waals surface area contributed by atoms with Gasteiger partial charge in [0.15, 0.2) is 0 Å². The SMILES string of the molecule is CC(N)C(=O)NC(Cc1cccc(C#N)c1)C(=O)N1CC(c2ccccc2)CC1CN1CCC(c2ccccc2)C1. The number of amides is 2. The molecule has 41 heavy (non-hydrogen) atoms. The van der Waals surface area contributed by atoms with Crippen LogP contribution in [0.3, 0.4) is 0 Å². The molecule has 3 aromatic rings. The van der Waals surface area contributed by atoms with Crippen LogP contribution in [0.1, 0.15) is 53.9 Å². The van der Waals surface area contributed by atoms with Crippen LogP contribution in [0.25, 0.3) is 0 Å². The summed E-state index contributed by atoms with van der Waals surface area (Å²) in [5.41, 5.74) is 9.84. The average Bonchev–Trinajstić information content (AvgIpc) is 3.65. The zero-order valence-electron chi connectivity index (χ0n) is 23.7. The van der Waals surface area contributed by atoms with E-state index >= 15 is 0 Å². The van der Waals surface area contributed by atoms with Crippen molar-refractivity contribution in [3.05, 3.63) is 107 Å². The summed E-state index contributed by atoms with van der Waals surface area (Å²) >= 11 is 0. The van der Waals surface area contributed by atoms with Gasteiger partial charge < -0.3 is 20.9 Å². The maximum Gasteiger partial charge on any atom is 0.245 e. The molecule has 5 atom stereocenters. The summed E-state index contributed by atoms with van der Waals surface area (Å²) in [6, 6.07) is 29.0. The van der Waals surface area contributed by atoms with Gasteiger partial charge in [0.1, 0.15) is 6.04 Å². The van der Waals surface area contributed by atoms with Crippen molar-refractivity contribution in [3.8, 4) is 6.07 Å². The molecule has 0 spiro atoms. The molecule has 0 bridgehead atoms. The van der Waals surface area contributed by atoms with Gasteiger partial charge in [-0.15, -0.1) is 0 Å². The number of rotatable bonds is 9. The largest absolute Gasteiger partial charge is 0.343 e. The van der Waals surface area contributed by atoms with Gasteiger partial charge in [-0.1, -0.05) is 72.8 Å². The Hall–Kier alpha value is -3.99. The predicted molar refractivity (Wildman–Crippen MR) is 160 cm³/mol. The highest BCUT2D eigenvalue weighted by Crippen LogP contribution is 2.35. The van der Waals surface area contributed by atoms with Crippen molar-refractivity contribution in [2.24, 2.45) is 5.73 Å². The Kier molecular flexibility index (Phi) is 9.13. The third-order valence-corrected chi connectivity index (χ3v) is 8.50. The van der Waals surface area contributed by atoms with Crippen LogP contribution in [0.2, 0.25) is 0 Å². The second-order valence-electron chi connectivity index (χ2n) is 11.5. The standard InChI is InChI=1S/C34H39N5O2/c1-24(36)33(40)37-32(18-25-9-8-10-26(17-25)20-35)34(41)39-22-30(28-13-6-3-7-14-28)19-31(39)23-38-16-15-29(21-38)27-11-4-2-5-12-27/h2-14,17,24,29-32H,15-16,18-19,21-23,36H2,1H3,(H,37,40). The Bertz CT molecular complexity index is 1370. The smallest absolute Gasteiger partial charge is 0.245 e. The maximum absolute atomic E-state index is 14.3. The third-order valence-electron chi connectivity index (χ3n) is 8.50. The molecule has 2 aliphatic rings. The lowest BCUT2D eigenvalue weighted by molar-refractivity contribution is -0.137. The van der Waals surface area contributed by atoms with Gasteiger partial charge in [-0.25, -0.2) is 0 Å². The molecule has 0 saturated carbocycles. The van der Waals surface area contributed by atoms with E-state index < -0.39 is 12.1 Å². The van der Waals surface area contributed by atoms with E-state index in [1.807, 2.05) is 35.2 Å². The van der Waals surface area contributed by atoms with Crippen LogP contribution in [0.4, 0.5) is 0 Å². The van der Waals surface area contributed by atoms with E-state index in [1.165, 1.54) is 11.1 Å². The summed E-state index contributed by atoms with van der Waals surface area (Å²) in [7, 11) is 0. The fourth-order valence-electron chi connectivity index (χ4n) is 6.33. The first-order valence-electron chi connectivity index (χ1n) is 14.6. The first-order chi connectivity index (χ1) is 19.9. The fourth-order valence-corrected chi connectivity index (χ4v) is 6.33. The van der Waals surface area contributed by atoms with E-state index in [2.05, 4.69) is 58.8 Å². The molecule has 7 nitrogen and oxygen atoms in total. The molecular weight excluding hydrogens is 510 g/mol. The molecule has 2 amide bonds. The number of nitriles is 1. The molecule has 3 aromatic carbocycles. The fraction of sp³-hybridized carbons (Fsp3) is 0.382.